The molecule has 0 radical (unpaired) electrons. The summed E-state index contributed by atoms with van der Waals surface area (Å²) in [5.41, 5.74) is 1.92. The van der Waals surface area contributed by atoms with E-state index in [0.717, 1.165) is 12.8 Å². The number of rotatable bonds is 9. The molecular formula is C22H23BrN2O3. The predicted molar refractivity (Wildman–Crippen MR) is 113 cm³/mol. The van der Waals surface area contributed by atoms with Gasteiger partial charge < -0.3 is 14.8 Å². The second-order valence-corrected chi connectivity index (χ2v) is 6.83. The number of benzene rings is 2. The van der Waals surface area contributed by atoms with E-state index in [4.69, 9.17) is 9.47 Å². The minimum Gasteiger partial charge on any atom is -0.493 e. The molecule has 5 nitrogen and oxygen atoms in total. The summed E-state index contributed by atoms with van der Waals surface area (Å²) in [6.45, 7) is 2.89. The molecule has 1 amide bonds. The number of methoxy groups -OCH3 is 1. The van der Waals surface area contributed by atoms with E-state index in [-0.39, 0.29) is 5.57 Å². The first-order chi connectivity index (χ1) is 13.6. The van der Waals surface area contributed by atoms with Crippen LogP contribution in [-0.4, -0.2) is 26.2 Å². The Morgan fingerprint density at radius 3 is 2.64 bits per heavy atom. The van der Waals surface area contributed by atoms with E-state index in [1.54, 1.807) is 19.2 Å². The summed E-state index contributed by atoms with van der Waals surface area (Å²) in [7, 11) is 1.55. The second kappa shape index (κ2) is 11.2. The molecule has 2 rings (SSSR count). The van der Waals surface area contributed by atoms with Crippen LogP contribution in [0, 0.1) is 11.3 Å². The maximum atomic E-state index is 12.4. The third kappa shape index (κ3) is 6.14. The molecule has 0 aliphatic rings. The summed E-state index contributed by atoms with van der Waals surface area (Å²) in [5, 5.41) is 12.2. The van der Waals surface area contributed by atoms with E-state index in [0.29, 0.717) is 34.7 Å². The first-order valence-corrected chi connectivity index (χ1v) is 9.82. The molecule has 0 heterocycles. The van der Waals surface area contributed by atoms with Gasteiger partial charge in [0.15, 0.2) is 11.5 Å². The fourth-order valence-electron chi connectivity index (χ4n) is 2.63. The molecular weight excluding hydrogens is 420 g/mol. The topological polar surface area (TPSA) is 71.3 Å². The molecule has 0 saturated heterocycles. The van der Waals surface area contributed by atoms with Crippen molar-refractivity contribution in [2.75, 3.05) is 20.3 Å². The Morgan fingerprint density at radius 1 is 1.25 bits per heavy atom. The van der Waals surface area contributed by atoms with Gasteiger partial charge in [0.05, 0.1) is 13.7 Å². The number of amides is 1. The first-order valence-electron chi connectivity index (χ1n) is 9.03. The minimum atomic E-state index is -0.393. The number of nitrogens with zero attached hydrogens (tertiary/aromatic N) is 1. The second-order valence-electron chi connectivity index (χ2n) is 5.97. The lowest BCUT2D eigenvalue weighted by molar-refractivity contribution is -0.117. The zero-order valence-corrected chi connectivity index (χ0v) is 17.6. The number of carbonyl (C=O) groups excluding carboxylic acids is 1. The van der Waals surface area contributed by atoms with Gasteiger partial charge in [0.1, 0.15) is 11.6 Å². The molecule has 2 aromatic carbocycles. The van der Waals surface area contributed by atoms with Gasteiger partial charge in [-0.15, -0.1) is 0 Å². The van der Waals surface area contributed by atoms with E-state index >= 15 is 0 Å². The van der Waals surface area contributed by atoms with E-state index in [1.807, 2.05) is 31.2 Å². The van der Waals surface area contributed by atoms with Crippen LogP contribution in [0.15, 0.2) is 52.5 Å². The van der Waals surface area contributed by atoms with Crippen molar-refractivity contribution in [1.82, 2.24) is 5.32 Å². The summed E-state index contributed by atoms with van der Waals surface area (Å²) in [5.74, 6) is 0.741. The molecule has 0 saturated carbocycles. The molecule has 6 heteroatoms. The van der Waals surface area contributed by atoms with Crippen LogP contribution < -0.4 is 14.8 Å². The fourth-order valence-corrected chi connectivity index (χ4v) is 3.06. The molecule has 0 unspecified atom stereocenters. The van der Waals surface area contributed by atoms with Crippen LogP contribution in [0.2, 0.25) is 0 Å². The van der Waals surface area contributed by atoms with Gasteiger partial charge in [-0.25, -0.2) is 0 Å². The third-order valence-corrected chi connectivity index (χ3v) is 4.71. The summed E-state index contributed by atoms with van der Waals surface area (Å²) in [6.07, 6.45) is 3.21. The van der Waals surface area contributed by atoms with Gasteiger partial charge >= 0.3 is 0 Å². The molecule has 2 aromatic rings. The van der Waals surface area contributed by atoms with E-state index in [9.17, 15) is 10.1 Å². The zero-order chi connectivity index (χ0) is 20.4. The molecule has 28 heavy (non-hydrogen) atoms. The van der Waals surface area contributed by atoms with Crippen LogP contribution in [0.1, 0.15) is 24.5 Å². The van der Waals surface area contributed by atoms with Crippen LogP contribution in [0.4, 0.5) is 0 Å². The first kappa shape index (κ1) is 21.5. The van der Waals surface area contributed by atoms with Gasteiger partial charge in [0.2, 0.25) is 0 Å². The average molecular weight is 443 g/mol. The number of halogens is 1. The van der Waals surface area contributed by atoms with E-state index in [1.165, 1.54) is 11.6 Å². The van der Waals surface area contributed by atoms with Gasteiger partial charge in [0, 0.05) is 11.0 Å². The van der Waals surface area contributed by atoms with Gasteiger partial charge in [0.25, 0.3) is 5.91 Å². The fraction of sp³-hybridized carbons (Fsp3) is 0.273. The maximum absolute atomic E-state index is 12.4. The number of carbonyl (C=O) groups is 1. The van der Waals surface area contributed by atoms with Crippen LogP contribution in [0.5, 0.6) is 11.5 Å². The average Bonchev–Trinajstić information content (AvgIpc) is 2.71. The highest BCUT2D eigenvalue weighted by Crippen LogP contribution is 2.34. The zero-order valence-electron chi connectivity index (χ0n) is 16.0. The lowest BCUT2D eigenvalue weighted by Crippen LogP contribution is -2.25. The van der Waals surface area contributed by atoms with E-state index < -0.39 is 5.91 Å². The summed E-state index contributed by atoms with van der Waals surface area (Å²) >= 11 is 3.46. The number of aryl methyl sites for hydroxylation is 1. The van der Waals surface area contributed by atoms with Crippen molar-refractivity contribution in [3.63, 3.8) is 0 Å². The highest BCUT2D eigenvalue weighted by molar-refractivity contribution is 9.10. The maximum Gasteiger partial charge on any atom is 0.261 e. The summed E-state index contributed by atoms with van der Waals surface area (Å²) in [6, 6.07) is 15.5. The quantitative estimate of drug-likeness (QED) is 0.352. The van der Waals surface area contributed by atoms with Crippen LogP contribution in [-0.2, 0) is 11.2 Å². The number of ether oxygens (including phenoxy) is 2. The molecule has 0 bridgehead atoms. The predicted octanol–water partition coefficient (Wildman–Crippen LogP) is 4.51. The Kier molecular flexibility index (Phi) is 8.57. The molecule has 0 atom stereocenters. The molecule has 0 spiro atoms. The largest absolute Gasteiger partial charge is 0.493 e. The Morgan fingerprint density at radius 2 is 2.00 bits per heavy atom. The molecule has 1 N–H and O–H groups in total. The van der Waals surface area contributed by atoms with Crippen LogP contribution in [0.25, 0.3) is 6.08 Å². The van der Waals surface area contributed by atoms with Crippen molar-refractivity contribution in [1.29, 1.82) is 5.26 Å². The van der Waals surface area contributed by atoms with E-state index in [2.05, 4.69) is 33.4 Å². The molecule has 0 aliphatic heterocycles. The van der Waals surface area contributed by atoms with Crippen LogP contribution in [0.3, 0.4) is 0 Å². The number of hydrogen-bond donors (Lipinski definition) is 1. The number of hydrogen-bond acceptors (Lipinski definition) is 4. The smallest absolute Gasteiger partial charge is 0.261 e. The van der Waals surface area contributed by atoms with Crippen molar-refractivity contribution in [2.24, 2.45) is 0 Å². The van der Waals surface area contributed by atoms with Crippen molar-refractivity contribution in [3.8, 4) is 17.6 Å². The molecule has 146 valence electrons. The summed E-state index contributed by atoms with van der Waals surface area (Å²) < 4.78 is 11.6. The Bertz CT molecular complexity index is 873. The minimum absolute atomic E-state index is 0.0339. The van der Waals surface area contributed by atoms with Gasteiger partial charge in [-0.05, 0) is 49.1 Å². The molecule has 0 aliphatic carbocycles. The summed E-state index contributed by atoms with van der Waals surface area (Å²) in [4.78, 5) is 12.4. The molecule has 0 fully saturated rings. The van der Waals surface area contributed by atoms with Gasteiger partial charge in [-0.3, -0.25) is 4.79 Å². The Balaban J connectivity index is 2.04. The number of nitriles is 1. The number of nitrogens with one attached hydrogen (secondary N) is 1. The van der Waals surface area contributed by atoms with Crippen molar-refractivity contribution >= 4 is 27.9 Å². The molecule has 0 aromatic heterocycles. The SMILES string of the molecule is CCOc1cc(Br)c(/C=C(/C#N)C(=O)NCCCc2ccccc2)cc1OC. The lowest BCUT2D eigenvalue weighted by atomic mass is 10.1. The highest BCUT2D eigenvalue weighted by atomic mass is 79.9. The Hall–Kier alpha value is -2.78. The third-order valence-electron chi connectivity index (χ3n) is 4.02. The van der Waals surface area contributed by atoms with Crippen molar-refractivity contribution < 1.29 is 14.3 Å². The standard InChI is InChI=1S/C22H23BrN2O3/c1-3-28-21-14-19(23)17(13-20(21)27-2)12-18(15-24)22(26)25-11-7-10-16-8-5-4-6-9-16/h4-6,8-9,12-14H,3,7,10-11H2,1-2H3,(H,25,26)/b18-12-. The highest BCUT2D eigenvalue weighted by Gasteiger charge is 2.13. The van der Waals surface area contributed by atoms with Crippen molar-refractivity contribution in [3.05, 3.63) is 63.6 Å². The van der Waals surface area contributed by atoms with Gasteiger partial charge in [-0.1, -0.05) is 46.3 Å². The van der Waals surface area contributed by atoms with Crippen LogP contribution >= 0.6 is 15.9 Å². The lowest BCUT2D eigenvalue weighted by Gasteiger charge is -2.12. The van der Waals surface area contributed by atoms with Crippen molar-refractivity contribution in [2.45, 2.75) is 19.8 Å². The normalized spacial score (nSPS) is 10.9. The van der Waals surface area contributed by atoms with Gasteiger partial charge in [-0.2, -0.15) is 5.26 Å². The Labute approximate surface area is 174 Å². The monoisotopic (exact) mass is 442 g/mol.